The van der Waals surface area contributed by atoms with Crippen LogP contribution in [0, 0.1) is 0 Å². The van der Waals surface area contributed by atoms with Crippen molar-refractivity contribution in [2.75, 3.05) is 0 Å². The molecule has 0 aliphatic heterocycles. The fraction of sp³-hybridized carbons (Fsp3) is 0.667. The lowest BCUT2D eigenvalue weighted by atomic mass is 11.2. The van der Waals surface area contributed by atoms with E-state index in [-0.39, 0.29) is 0 Å². The lowest BCUT2D eigenvalue weighted by Gasteiger charge is -2.39. The SMILES string of the molecule is C=C[Si](C)(C=C)O[Si](C)(C)O[Si](C)(C)O[Si](C)(C)C. The van der Waals surface area contributed by atoms with Crippen LogP contribution in [0.25, 0.3) is 0 Å². The average molecular weight is 335 g/mol. The Kier molecular flexibility index (Phi) is 6.41. The molecule has 0 N–H and O–H groups in total. The number of rotatable bonds is 8. The van der Waals surface area contributed by atoms with Gasteiger partial charge >= 0.3 is 17.1 Å². The van der Waals surface area contributed by atoms with Crippen molar-refractivity contribution in [3.8, 4) is 0 Å². The third kappa shape index (κ3) is 8.18. The van der Waals surface area contributed by atoms with Gasteiger partial charge in [-0.15, -0.1) is 13.2 Å². The third-order valence-electron chi connectivity index (χ3n) is 2.32. The maximum Gasteiger partial charge on any atom is 0.313 e. The molecule has 0 aromatic heterocycles. The molecule has 0 fully saturated rings. The Labute approximate surface area is 123 Å². The first-order valence-electron chi connectivity index (χ1n) is 6.62. The van der Waals surface area contributed by atoms with Crippen LogP contribution in [0.1, 0.15) is 0 Å². The number of hydrogen-bond donors (Lipinski definition) is 0. The normalized spacial score (nSPS) is 14.3. The fourth-order valence-electron chi connectivity index (χ4n) is 2.07. The highest BCUT2D eigenvalue weighted by molar-refractivity contribution is 6.92. The number of hydrogen-bond acceptors (Lipinski definition) is 3. The second-order valence-corrected chi connectivity index (χ2v) is 22.3. The zero-order chi connectivity index (χ0) is 15.5. The van der Waals surface area contributed by atoms with E-state index >= 15 is 0 Å². The Morgan fingerprint density at radius 1 is 0.632 bits per heavy atom. The van der Waals surface area contributed by atoms with Gasteiger partial charge < -0.3 is 12.3 Å². The van der Waals surface area contributed by atoms with Gasteiger partial charge in [0.1, 0.15) is 0 Å². The van der Waals surface area contributed by atoms with Gasteiger partial charge in [0.15, 0.2) is 8.32 Å². The van der Waals surface area contributed by atoms with Crippen molar-refractivity contribution in [3.05, 3.63) is 24.6 Å². The van der Waals surface area contributed by atoms with E-state index in [0.29, 0.717) is 0 Å². The average Bonchev–Trinajstić information content (AvgIpc) is 2.10. The molecular weight excluding hydrogens is 304 g/mol. The molecule has 0 heterocycles. The molecule has 0 aromatic rings. The molecule has 0 radical (unpaired) electrons. The molecule has 0 aliphatic carbocycles. The quantitative estimate of drug-likeness (QED) is 0.619. The topological polar surface area (TPSA) is 27.7 Å². The molecule has 0 saturated heterocycles. The van der Waals surface area contributed by atoms with Crippen LogP contribution in [0.4, 0.5) is 0 Å². The van der Waals surface area contributed by atoms with Crippen molar-refractivity contribution in [2.45, 2.75) is 52.4 Å². The van der Waals surface area contributed by atoms with Crippen LogP contribution in [-0.4, -0.2) is 33.8 Å². The largest absolute Gasteiger partial charge is 0.437 e. The van der Waals surface area contributed by atoms with Crippen LogP contribution < -0.4 is 0 Å². The van der Waals surface area contributed by atoms with E-state index in [4.69, 9.17) is 12.3 Å². The van der Waals surface area contributed by atoms with Gasteiger partial charge in [-0.05, 0) is 52.4 Å². The fourth-order valence-corrected chi connectivity index (χ4v) is 18.9. The highest BCUT2D eigenvalue weighted by Crippen LogP contribution is 2.24. The predicted octanol–water partition coefficient (Wildman–Crippen LogP) is 4.30. The Hall–Kier alpha value is 0.228. The van der Waals surface area contributed by atoms with Crippen LogP contribution in [0.2, 0.25) is 52.4 Å². The molecule has 112 valence electrons. The Morgan fingerprint density at radius 2 is 1.00 bits per heavy atom. The summed E-state index contributed by atoms with van der Waals surface area (Å²) in [6, 6.07) is 0. The standard InChI is InChI=1S/C12H30O3Si4/c1-11-19(10,12-2)15-18(8,9)14-17(6,7)13-16(3,4)5/h11-12H,1-2H2,3-10H3. The lowest BCUT2D eigenvalue weighted by molar-refractivity contribution is 0.333. The van der Waals surface area contributed by atoms with Crippen molar-refractivity contribution in [1.29, 1.82) is 0 Å². The van der Waals surface area contributed by atoms with Gasteiger partial charge in [0.05, 0.1) is 0 Å². The second kappa shape index (κ2) is 6.33. The predicted molar refractivity (Wildman–Crippen MR) is 93.6 cm³/mol. The molecule has 7 heteroatoms. The molecular formula is C12H30O3Si4. The summed E-state index contributed by atoms with van der Waals surface area (Å²) in [7, 11) is -8.03. The Bertz CT molecular complexity index is 326. The van der Waals surface area contributed by atoms with Crippen molar-refractivity contribution < 1.29 is 12.3 Å². The minimum atomic E-state index is -2.24. The monoisotopic (exact) mass is 334 g/mol. The molecule has 0 rings (SSSR count). The summed E-state index contributed by atoms with van der Waals surface area (Å²) in [6.45, 7) is 24.7. The van der Waals surface area contributed by atoms with Gasteiger partial charge in [-0.2, -0.15) is 0 Å². The molecule has 0 saturated carbocycles. The maximum atomic E-state index is 6.31. The van der Waals surface area contributed by atoms with Gasteiger partial charge in [-0.1, -0.05) is 11.4 Å². The first kappa shape index (κ1) is 19.2. The van der Waals surface area contributed by atoms with Gasteiger partial charge in [0.2, 0.25) is 8.32 Å². The van der Waals surface area contributed by atoms with Crippen LogP contribution in [0.5, 0.6) is 0 Å². The third-order valence-corrected chi connectivity index (χ3v) is 16.0. The van der Waals surface area contributed by atoms with Gasteiger partial charge in [-0.3, -0.25) is 0 Å². The first-order valence-corrected chi connectivity index (χ1v) is 18.2. The molecule has 0 spiro atoms. The summed E-state index contributed by atoms with van der Waals surface area (Å²) in [6.07, 6.45) is 0. The van der Waals surface area contributed by atoms with Crippen LogP contribution >= 0.6 is 0 Å². The van der Waals surface area contributed by atoms with Gasteiger partial charge in [-0.25, -0.2) is 0 Å². The summed E-state index contributed by atoms with van der Waals surface area (Å²) in [4.78, 5) is 0. The highest BCUT2D eigenvalue weighted by atomic mass is 28.5. The van der Waals surface area contributed by atoms with Crippen LogP contribution in [0.3, 0.4) is 0 Å². The zero-order valence-corrected chi connectivity index (χ0v) is 17.8. The Balaban J connectivity index is 4.85. The van der Waals surface area contributed by atoms with E-state index in [0.717, 1.165) is 0 Å². The Morgan fingerprint density at radius 3 is 1.32 bits per heavy atom. The van der Waals surface area contributed by atoms with E-state index in [1.165, 1.54) is 0 Å². The minimum absolute atomic E-state index is 1.59. The molecule has 19 heavy (non-hydrogen) atoms. The van der Waals surface area contributed by atoms with Crippen molar-refractivity contribution in [3.63, 3.8) is 0 Å². The highest BCUT2D eigenvalue weighted by Gasteiger charge is 2.42. The summed E-state index contributed by atoms with van der Waals surface area (Å²) in [5, 5.41) is 0. The first-order chi connectivity index (χ1) is 8.24. The van der Waals surface area contributed by atoms with E-state index in [2.05, 4.69) is 65.5 Å². The van der Waals surface area contributed by atoms with E-state index < -0.39 is 33.8 Å². The van der Waals surface area contributed by atoms with Crippen LogP contribution in [-0.2, 0) is 12.3 Å². The summed E-state index contributed by atoms with van der Waals surface area (Å²) < 4.78 is 18.8. The molecule has 3 nitrogen and oxygen atoms in total. The van der Waals surface area contributed by atoms with Crippen molar-refractivity contribution in [2.24, 2.45) is 0 Å². The molecule has 0 aromatic carbocycles. The molecule has 0 aliphatic rings. The van der Waals surface area contributed by atoms with Crippen LogP contribution in [0.15, 0.2) is 24.6 Å². The summed E-state index contributed by atoms with van der Waals surface area (Å²) in [5.41, 5.74) is 3.79. The lowest BCUT2D eigenvalue weighted by Crippen LogP contribution is -2.55. The van der Waals surface area contributed by atoms with Gasteiger partial charge in [0.25, 0.3) is 0 Å². The van der Waals surface area contributed by atoms with Crippen molar-refractivity contribution in [1.82, 2.24) is 0 Å². The minimum Gasteiger partial charge on any atom is -0.437 e. The summed E-state index contributed by atoms with van der Waals surface area (Å²) in [5.74, 6) is 0. The maximum absolute atomic E-state index is 6.31. The zero-order valence-electron chi connectivity index (χ0n) is 13.8. The molecule has 0 unspecified atom stereocenters. The van der Waals surface area contributed by atoms with E-state index in [9.17, 15) is 0 Å². The second-order valence-electron chi connectivity index (χ2n) is 6.81. The molecule has 0 bridgehead atoms. The molecule has 0 amide bonds. The van der Waals surface area contributed by atoms with Gasteiger partial charge in [0, 0.05) is 0 Å². The smallest absolute Gasteiger partial charge is 0.313 e. The molecule has 0 atom stereocenters. The van der Waals surface area contributed by atoms with E-state index in [1.54, 1.807) is 0 Å². The van der Waals surface area contributed by atoms with E-state index in [1.807, 2.05) is 11.4 Å². The summed E-state index contributed by atoms with van der Waals surface area (Å²) >= 11 is 0. The van der Waals surface area contributed by atoms with Crippen molar-refractivity contribution >= 4 is 33.8 Å².